The summed E-state index contributed by atoms with van der Waals surface area (Å²) in [4.78, 5) is 12.0. The molecule has 124 valence electrons. The third-order valence-electron chi connectivity index (χ3n) is 4.37. The summed E-state index contributed by atoms with van der Waals surface area (Å²) in [7, 11) is 0. The molecule has 0 saturated heterocycles. The topological polar surface area (TPSA) is 26.3 Å². The molecule has 4 rings (SSSR count). The number of benzene rings is 4. The minimum Gasteiger partial charge on any atom is -0.457 e. The van der Waals surface area contributed by atoms with E-state index in [1.165, 1.54) is 33.0 Å². The number of esters is 1. The zero-order valence-corrected chi connectivity index (χ0v) is 14.7. The van der Waals surface area contributed by atoms with E-state index in [4.69, 9.17) is 4.74 Å². The molecule has 4 aromatic rings. The second-order valence-corrected chi connectivity index (χ2v) is 7.38. The van der Waals surface area contributed by atoms with Crippen molar-refractivity contribution in [2.75, 3.05) is 0 Å². The van der Waals surface area contributed by atoms with Gasteiger partial charge in [0.15, 0.2) is 0 Å². The Morgan fingerprint density at radius 3 is 2.12 bits per heavy atom. The Morgan fingerprint density at radius 2 is 1.44 bits per heavy atom. The molecule has 0 N–H and O–H groups in total. The first-order valence-corrected chi connectivity index (χ1v) is 8.50. The second kappa shape index (κ2) is 5.59. The van der Waals surface area contributed by atoms with Crippen LogP contribution in [0.15, 0.2) is 60.7 Å². The highest BCUT2D eigenvalue weighted by atomic mass is 16.6. The lowest BCUT2D eigenvalue weighted by Gasteiger charge is -2.18. The van der Waals surface area contributed by atoms with Gasteiger partial charge >= 0.3 is 5.97 Å². The van der Waals surface area contributed by atoms with Crippen LogP contribution in [-0.4, -0.2) is 11.6 Å². The van der Waals surface area contributed by atoms with E-state index < -0.39 is 5.60 Å². The molecule has 2 heteroatoms. The predicted octanol–water partition coefficient (Wildman–Crippen LogP) is 5.94. The fraction of sp³-hybridized carbons (Fsp3) is 0.174. The first-order valence-electron chi connectivity index (χ1n) is 8.50. The summed E-state index contributed by atoms with van der Waals surface area (Å²) in [6.07, 6.45) is 3.36. The third-order valence-corrected chi connectivity index (χ3v) is 4.37. The molecular weight excluding hydrogens is 308 g/mol. The lowest BCUT2D eigenvalue weighted by atomic mass is 9.92. The number of carbonyl (C=O) groups is 1. The maximum atomic E-state index is 12.0. The Kier molecular flexibility index (Phi) is 3.50. The molecule has 0 unspecified atom stereocenters. The highest BCUT2D eigenvalue weighted by Gasteiger charge is 2.14. The summed E-state index contributed by atoms with van der Waals surface area (Å²) in [6, 6.07) is 19.2. The predicted molar refractivity (Wildman–Crippen MR) is 105 cm³/mol. The van der Waals surface area contributed by atoms with Gasteiger partial charge in [0.05, 0.1) is 0 Å². The van der Waals surface area contributed by atoms with Gasteiger partial charge in [-0.1, -0.05) is 54.6 Å². The first kappa shape index (κ1) is 15.6. The summed E-state index contributed by atoms with van der Waals surface area (Å²) in [5.41, 5.74) is 0.543. The van der Waals surface area contributed by atoms with Gasteiger partial charge in [-0.2, -0.15) is 0 Å². The van der Waals surface area contributed by atoms with Gasteiger partial charge in [0.25, 0.3) is 0 Å². The Bertz CT molecular complexity index is 1100. The van der Waals surface area contributed by atoms with Crippen LogP contribution in [0.4, 0.5) is 0 Å². The smallest absolute Gasteiger partial charge is 0.331 e. The molecule has 0 bridgehead atoms. The number of rotatable bonds is 2. The van der Waals surface area contributed by atoms with Gasteiger partial charge in [0.2, 0.25) is 0 Å². The van der Waals surface area contributed by atoms with Crippen LogP contribution in [0.1, 0.15) is 26.3 Å². The molecule has 0 aromatic heterocycles. The fourth-order valence-electron chi connectivity index (χ4n) is 3.40. The fourth-order valence-corrected chi connectivity index (χ4v) is 3.40. The molecule has 0 spiro atoms. The molecule has 0 aliphatic heterocycles. The van der Waals surface area contributed by atoms with Crippen molar-refractivity contribution < 1.29 is 9.53 Å². The standard InChI is InChI=1S/C23H20O2/c1-23(2,3)25-20(24)14-12-15-7-8-18-10-9-16-5-4-6-17-11-13-19(15)22(18)21(16)17/h4-14H,1-3H3/b14-12+. The van der Waals surface area contributed by atoms with Crippen molar-refractivity contribution in [3.8, 4) is 0 Å². The van der Waals surface area contributed by atoms with Gasteiger partial charge in [-0.25, -0.2) is 4.79 Å². The minimum absolute atomic E-state index is 0.321. The number of hydrogen-bond donors (Lipinski definition) is 0. The molecule has 0 aliphatic rings. The average Bonchev–Trinajstić information content (AvgIpc) is 2.57. The lowest BCUT2D eigenvalue weighted by Crippen LogP contribution is -2.22. The maximum Gasteiger partial charge on any atom is 0.331 e. The van der Waals surface area contributed by atoms with E-state index in [0.717, 1.165) is 10.9 Å². The van der Waals surface area contributed by atoms with Crippen molar-refractivity contribution in [1.29, 1.82) is 0 Å². The van der Waals surface area contributed by atoms with Crippen LogP contribution in [0.25, 0.3) is 38.4 Å². The number of hydrogen-bond acceptors (Lipinski definition) is 2. The Labute approximate surface area is 147 Å². The average molecular weight is 328 g/mol. The highest BCUT2D eigenvalue weighted by Crippen LogP contribution is 2.36. The Balaban J connectivity index is 1.87. The van der Waals surface area contributed by atoms with Crippen molar-refractivity contribution >= 4 is 44.4 Å². The van der Waals surface area contributed by atoms with E-state index in [1.807, 2.05) is 26.8 Å². The number of carbonyl (C=O) groups excluding carboxylic acids is 1. The van der Waals surface area contributed by atoms with Crippen LogP contribution in [0.3, 0.4) is 0 Å². The molecule has 0 aliphatic carbocycles. The summed E-state index contributed by atoms with van der Waals surface area (Å²) < 4.78 is 5.36. The van der Waals surface area contributed by atoms with E-state index in [2.05, 4.69) is 54.6 Å². The van der Waals surface area contributed by atoms with Crippen LogP contribution in [0, 0.1) is 0 Å². The molecule has 25 heavy (non-hydrogen) atoms. The minimum atomic E-state index is -0.482. The molecular formula is C23H20O2. The van der Waals surface area contributed by atoms with Gasteiger partial charge in [0, 0.05) is 6.08 Å². The van der Waals surface area contributed by atoms with Gasteiger partial charge in [-0.15, -0.1) is 0 Å². The Hall–Kier alpha value is -2.87. The molecule has 0 heterocycles. The molecule has 0 atom stereocenters. The van der Waals surface area contributed by atoms with Crippen LogP contribution >= 0.6 is 0 Å². The van der Waals surface area contributed by atoms with Crippen LogP contribution < -0.4 is 0 Å². The number of ether oxygens (including phenoxy) is 1. The van der Waals surface area contributed by atoms with E-state index in [0.29, 0.717) is 0 Å². The van der Waals surface area contributed by atoms with E-state index in [9.17, 15) is 4.79 Å². The molecule has 0 fully saturated rings. The van der Waals surface area contributed by atoms with Crippen molar-refractivity contribution in [2.24, 2.45) is 0 Å². The molecule has 0 radical (unpaired) electrons. The molecule has 0 saturated carbocycles. The van der Waals surface area contributed by atoms with E-state index in [-0.39, 0.29) is 5.97 Å². The third kappa shape index (κ3) is 2.85. The van der Waals surface area contributed by atoms with E-state index in [1.54, 1.807) is 0 Å². The van der Waals surface area contributed by atoms with Crippen molar-refractivity contribution in [3.05, 3.63) is 66.2 Å². The van der Waals surface area contributed by atoms with Gasteiger partial charge in [-0.05, 0) is 64.7 Å². The van der Waals surface area contributed by atoms with Crippen molar-refractivity contribution in [3.63, 3.8) is 0 Å². The van der Waals surface area contributed by atoms with Crippen molar-refractivity contribution in [2.45, 2.75) is 26.4 Å². The van der Waals surface area contributed by atoms with Crippen LogP contribution in [-0.2, 0) is 9.53 Å². The van der Waals surface area contributed by atoms with Crippen LogP contribution in [0.2, 0.25) is 0 Å². The molecule has 0 amide bonds. The SMILES string of the molecule is CC(C)(C)OC(=O)/C=C/c1ccc2ccc3cccc4ccc1c2c34. The highest BCUT2D eigenvalue weighted by molar-refractivity contribution is 6.24. The van der Waals surface area contributed by atoms with Crippen molar-refractivity contribution in [1.82, 2.24) is 0 Å². The maximum absolute atomic E-state index is 12.0. The van der Waals surface area contributed by atoms with Gasteiger partial charge in [0.1, 0.15) is 5.60 Å². The first-order chi connectivity index (χ1) is 11.9. The zero-order chi connectivity index (χ0) is 17.6. The molecule has 2 nitrogen and oxygen atoms in total. The normalized spacial score (nSPS) is 12.6. The molecule has 4 aromatic carbocycles. The lowest BCUT2D eigenvalue weighted by molar-refractivity contribution is -0.148. The Morgan fingerprint density at radius 1 is 0.840 bits per heavy atom. The summed E-state index contributed by atoms with van der Waals surface area (Å²) in [6.45, 7) is 5.61. The summed E-state index contributed by atoms with van der Waals surface area (Å²) >= 11 is 0. The monoisotopic (exact) mass is 328 g/mol. The van der Waals surface area contributed by atoms with Gasteiger partial charge in [-0.3, -0.25) is 0 Å². The largest absolute Gasteiger partial charge is 0.457 e. The summed E-state index contributed by atoms with van der Waals surface area (Å²) in [5.74, 6) is -0.321. The summed E-state index contributed by atoms with van der Waals surface area (Å²) in [5, 5.41) is 7.38. The quantitative estimate of drug-likeness (QED) is 0.259. The van der Waals surface area contributed by atoms with E-state index >= 15 is 0 Å². The van der Waals surface area contributed by atoms with Gasteiger partial charge < -0.3 is 4.74 Å². The second-order valence-electron chi connectivity index (χ2n) is 7.38. The zero-order valence-electron chi connectivity index (χ0n) is 14.7. The van der Waals surface area contributed by atoms with Crippen LogP contribution in [0.5, 0.6) is 0 Å².